The van der Waals surface area contributed by atoms with Gasteiger partial charge in [-0.3, -0.25) is 4.98 Å². The van der Waals surface area contributed by atoms with E-state index >= 15 is 0 Å². The maximum absolute atomic E-state index is 11.9. The number of aliphatic imine (C=N–C) groups is 1. The molecular formula is C17H11ClN2O4. The number of hydrogen-bond donors (Lipinski definition) is 0. The molecule has 0 saturated heterocycles. The van der Waals surface area contributed by atoms with Gasteiger partial charge in [-0.15, -0.1) is 0 Å². The standard InChI is InChI=1S/C17H11ClN2O4/c1-23-16(21)11-4-2-10(3-5-11)8-14-17(22)24-15(20-14)13-9-12(18)6-7-19-13/h2-9H,1H3/b14-8-. The number of carbonyl (C=O) groups excluding carboxylic acids is 2. The third-order valence-corrected chi connectivity index (χ3v) is 3.43. The van der Waals surface area contributed by atoms with E-state index in [0.717, 1.165) is 0 Å². The molecule has 2 aromatic rings. The number of aromatic nitrogens is 1. The first kappa shape index (κ1) is 15.9. The zero-order valence-corrected chi connectivity index (χ0v) is 13.3. The van der Waals surface area contributed by atoms with Crippen LogP contribution in [-0.2, 0) is 14.3 Å². The van der Waals surface area contributed by atoms with Gasteiger partial charge < -0.3 is 9.47 Å². The number of methoxy groups -OCH3 is 1. The van der Waals surface area contributed by atoms with Crippen molar-refractivity contribution in [3.05, 3.63) is 70.1 Å². The summed E-state index contributed by atoms with van der Waals surface area (Å²) in [5.41, 5.74) is 1.62. The lowest BCUT2D eigenvalue weighted by Gasteiger charge is -1.99. The second-order valence-corrected chi connectivity index (χ2v) is 5.25. The highest BCUT2D eigenvalue weighted by Gasteiger charge is 2.25. The molecule has 24 heavy (non-hydrogen) atoms. The Morgan fingerprint density at radius 1 is 1.25 bits per heavy atom. The number of pyridine rings is 1. The third kappa shape index (κ3) is 3.33. The van der Waals surface area contributed by atoms with Crippen molar-refractivity contribution in [3.8, 4) is 0 Å². The van der Waals surface area contributed by atoms with Gasteiger partial charge in [-0.25, -0.2) is 14.6 Å². The van der Waals surface area contributed by atoms with Gasteiger partial charge >= 0.3 is 11.9 Å². The lowest BCUT2D eigenvalue weighted by atomic mass is 10.1. The summed E-state index contributed by atoms with van der Waals surface area (Å²) in [7, 11) is 1.31. The summed E-state index contributed by atoms with van der Waals surface area (Å²) in [4.78, 5) is 31.5. The average molecular weight is 343 g/mol. The van der Waals surface area contributed by atoms with Gasteiger partial charge in [-0.2, -0.15) is 0 Å². The first-order valence-corrected chi connectivity index (χ1v) is 7.27. The zero-order chi connectivity index (χ0) is 17.1. The SMILES string of the molecule is COC(=O)c1ccc(/C=C2\N=C(c3cc(Cl)ccn3)OC2=O)cc1. The number of nitrogens with zero attached hydrogens (tertiary/aromatic N) is 2. The summed E-state index contributed by atoms with van der Waals surface area (Å²) < 4.78 is 9.75. The fraction of sp³-hybridized carbons (Fsp3) is 0.0588. The molecule has 0 unspecified atom stereocenters. The lowest BCUT2D eigenvalue weighted by molar-refractivity contribution is -0.129. The number of benzene rings is 1. The highest BCUT2D eigenvalue weighted by Crippen LogP contribution is 2.20. The highest BCUT2D eigenvalue weighted by molar-refractivity contribution is 6.31. The highest BCUT2D eigenvalue weighted by atomic mass is 35.5. The quantitative estimate of drug-likeness (QED) is 0.633. The van der Waals surface area contributed by atoms with Crippen molar-refractivity contribution in [1.29, 1.82) is 0 Å². The Balaban J connectivity index is 1.87. The third-order valence-electron chi connectivity index (χ3n) is 3.20. The van der Waals surface area contributed by atoms with E-state index < -0.39 is 11.9 Å². The van der Waals surface area contributed by atoms with Gasteiger partial charge in [0.05, 0.1) is 12.7 Å². The molecule has 0 fully saturated rings. The molecular weight excluding hydrogens is 332 g/mol. The van der Waals surface area contributed by atoms with E-state index in [-0.39, 0.29) is 11.6 Å². The Labute approximate surface area is 142 Å². The number of rotatable bonds is 3. The topological polar surface area (TPSA) is 77.8 Å². The van der Waals surface area contributed by atoms with Crippen molar-refractivity contribution in [2.45, 2.75) is 0 Å². The average Bonchev–Trinajstić information content (AvgIpc) is 2.96. The molecule has 0 saturated carbocycles. The molecule has 0 spiro atoms. The molecule has 1 aliphatic rings. The van der Waals surface area contributed by atoms with E-state index in [4.69, 9.17) is 16.3 Å². The van der Waals surface area contributed by atoms with Crippen molar-refractivity contribution in [2.75, 3.05) is 7.11 Å². The summed E-state index contributed by atoms with van der Waals surface area (Å²) in [6, 6.07) is 9.72. The van der Waals surface area contributed by atoms with Crippen molar-refractivity contribution in [2.24, 2.45) is 4.99 Å². The summed E-state index contributed by atoms with van der Waals surface area (Å²) in [5.74, 6) is -0.912. The van der Waals surface area contributed by atoms with Gasteiger partial charge in [0.25, 0.3) is 0 Å². The van der Waals surface area contributed by atoms with E-state index in [2.05, 4.69) is 14.7 Å². The van der Waals surface area contributed by atoms with Crippen molar-refractivity contribution in [3.63, 3.8) is 0 Å². The Morgan fingerprint density at radius 3 is 2.67 bits per heavy atom. The van der Waals surface area contributed by atoms with Gasteiger partial charge in [0.1, 0.15) is 5.69 Å². The number of carbonyl (C=O) groups is 2. The fourth-order valence-electron chi connectivity index (χ4n) is 2.03. The van der Waals surface area contributed by atoms with E-state index in [1.807, 2.05) is 0 Å². The molecule has 0 aliphatic carbocycles. The number of esters is 2. The molecule has 1 aromatic carbocycles. The van der Waals surface area contributed by atoms with Crippen molar-refractivity contribution >= 4 is 35.5 Å². The minimum atomic E-state index is -0.580. The minimum Gasteiger partial charge on any atom is -0.465 e. The maximum atomic E-state index is 11.9. The van der Waals surface area contributed by atoms with Crippen LogP contribution >= 0.6 is 11.6 Å². The molecule has 7 heteroatoms. The van der Waals surface area contributed by atoms with Gasteiger partial charge in [0.2, 0.25) is 5.90 Å². The number of halogens is 1. The molecule has 120 valence electrons. The predicted molar refractivity (Wildman–Crippen MR) is 87.6 cm³/mol. The molecule has 1 aromatic heterocycles. The summed E-state index contributed by atoms with van der Waals surface area (Å²) >= 11 is 5.89. The largest absolute Gasteiger partial charge is 0.465 e. The van der Waals surface area contributed by atoms with Gasteiger partial charge in [0.15, 0.2) is 5.70 Å². The molecule has 1 aliphatic heterocycles. The number of hydrogen-bond acceptors (Lipinski definition) is 6. The van der Waals surface area contributed by atoms with E-state index in [1.54, 1.807) is 42.5 Å². The summed E-state index contributed by atoms with van der Waals surface area (Å²) in [6.07, 6.45) is 3.06. The van der Waals surface area contributed by atoms with Gasteiger partial charge in [0, 0.05) is 11.2 Å². The molecule has 0 N–H and O–H groups in total. The van der Waals surface area contributed by atoms with Crippen LogP contribution in [0.4, 0.5) is 0 Å². The lowest BCUT2D eigenvalue weighted by Crippen LogP contribution is -2.07. The minimum absolute atomic E-state index is 0.0972. The van der Waals surface area contributed by atoms with Crippen LogP contribution in [0.3, 0.4) is 0 Å². The second-order valence-electron chi connectivity index (χ2n) is 4.81. The summed E-state index contributed by atoms with van der Waals surface area (Å²) in [6.45, 7) is 0. The molecule has 0 bridgehead atoms. The van der Waals surface area contributed by atoms with Crippen molar-refractivity contribution < 1.29 is 19.1 Å². The Hall–Kier alpha value is -2.99. The van der Waals surface area contributed by atoms with Gasteiger partial charge in [-0.05, 0) is 35.9 Å². The zero-order valence-electron chi connectivity index (χ0n) is 12.5. The Bertz CT molecular complexity index is 872. The molecule has 0 radical (unpaired) electrons. The summed E-state index contributed by atoms with van der Waals surface area (Å²) in [5, 5.41) is 0.467. The van der Waals surface area contributed by atoms with Crippen LogP contribution in [-0.4, -0.2) is 29.9 Å². The molecule has 3 rings (SSSR count). The molecule has 2 heterocycles. The Kier molecular flexibility index (Phi) is 4.39. The van der Waals surface area contributed by atoms with Crippen molar-refractivity contribution in [1.82, 2.24) is 4.98 Å². The van der Waals surface area contributed by atoms with Crippen LogP contribution in [0.5, 0.6) is 0 Å². The van der Waals surface area contributed by atoms with Gasteiger partial charge in [-0.1, -0.05) is 23.7 Å². The predicted octanol–water partition coefficient (Wildman–Crippen LogP) is 2.87. The van der Waals surface area contributed by atoms with Crippen LogP contribution in [0.25, 0.3) is 6.08 Å². The van der Waals surface area contributed by atoms with Crippen LogP contribution in [0, 0.1) is 0 Å². The first-order chi connectivity index (χ1) is 11.6. The maximum Gasteiger partial charge on any atom is 0.363 e. The monoisotopic (exact) mass is 342 g/mol. The molecule has 0 atom stereocenters. The molecule has 6 nitrogen and oxygen atoms in total. The van der Waals surface area contributed by atoms with E-state index in [1.165, 1.54) is 13.3 Å². The van der Waals surface area contributed by atoms with Crippen LogP contribution < -0.4 is 0 Å². The van der Waals surface area contributed by atoms with E-state index in [0.29, 0.717) is 21.8 Å². The van der Waals surface area contributed by atoms with Crippen LogP contribution in [0.2, 0.25) is 5.02 Å². The van der Waals surface area contributed by atoms with E-state index in [9.17, 15) is 9.59 Å². The normalized spacial score (nSPS) is 15.2. The van der Waals surface area contributed by atoms with Crippen LogP contribution in [0.1, 0.15) is 21.6 Å². The first-order valence-electron chi connectivity index (χ1n) is 6.89. The fourth-order valence-corrected chi connectivity index (χ4v) is 2.19. The second kappa shape index (κ2) is 6.64. The van der Waals surface area contributed by atoms with Crippen LogP contribution in [0.15, 0.2) is 53.3 Å². The number of cyclic esters (lactones) is 1. The number of ether oxygens (including phenoxy) is 2. The smallest absolute Gasteiger partial charge is 0.363 e. The Morgan fingerprint density at radius 2 is 2.00 bits per heavy atom. The molecule has 0 amide bonds.